The number of fused-ring (bicyclic) bond motifs is 4. The smallest absolute Gasteiger partial charge is 0.258 e. The van der Waals surface area contributed by atoms with Crippen LogP contribution in [0.3, 0.4) is 0 Å². The van der Waals surface area contributed by atoms with Crippen molar-refractivity contribution >= 4 is 48.3 Å². The second-order valence-electron chi connectivity index (χ2n) is 8.77. The summed E-state index contributed by atoms with van der Waals surface area (Å²) in [6, 6.07) is 30.3. The van der Waals surface area contributed by atoms with Crippen molar-refractivity contribution < 1.29 is 13.3 Å². The van der Waals surface area contributed by atoms with E-state index < -0.39 is 14.9 Å². The van der Waals surface area contributed by atoms with Crippen molar-refractivity contribution in [3.05, 3.63) is 119 Å². The van der Waals surface area contributed by atoms with Gasteiger partial charge in [-0.15, -0.1) is 0 Å². The quantitative estimate of drug-likeness (QED) is 0.195. The summed E-state index contributed by atoms with van der Waals surface area (Å²) in [5.74, 6) is 0. The average molecular weight is 493 g/mol. The van der Waals surface area contributed by atoms with Crippen molar-refractivity contribution in [3.8, 4) is 11.1 Å². The highest BCUT2D eigenvalue weighted by Crippen LogP contribution is 2.42. The summed E-state index contributed by atoms with van der Waals surface area (Å²) in [5.41, 5.74) is 3.48. The van der Waals surface area contributed by atoms with Gasteiger partial charge in [-0.2, -0.15) is 0 Å². The summed E-state index contributed by atoms with van der Waals surface area (Å²) >= 11 is 0. The number of hydrogen-bond acceptors (Lipinski definition) is 4. The minimum atomic E-state index is -3.98. The summed E-state index contributed by atoms with van der Waals surface area (Å²) < 4.78 is 29.8. The van der Waals surface area contributed by atoms with Crippen LogP contribution in [-0.2, 0) is 10.0 Å². The molecule has 0 N–H and O–H groups in total. The monoisotopic (exact) mass is 492 g/mol. The van der Waals surface area contributed by atoms with Crippen molar-refractivity contribution in [1.82, 2.24) is 3.97 Å². The van der Waals surface area contributed by atoms with E-state index in [2.05, 4.69) is 0 Å². The van der Waals surface area contributed by atoms with Crippen LogP contribution >= 0.6 is 0 Å². The van der Waals surface area contributed by atoms with Gasteiger partial charge in [0.2, 0.25) is 0 Å². The number of nitrogens with zero attached hydrogens (tertiary/aromatic N) is 2. The summed E-state index contributed by atoms with van der Waals surface area (Å²) in [6.07, 6.45) is 0. The number of nitro groups is 1. The average Bonchev–Trinajstić information content (AvgIpc) is 3.22. The molecule has 0 unspecified atom stereocenters. The molecule has 0 aliphatic rings. The van der Waals surface area contributed by atoms with Crippen molar-refractivity contribution in [1.29, 1.82) is 0 Å². The number of aryl methyl sites for hydroxylation is 1. The zero-order valence-corrected chi connectivity index (χ0v) is 20.1. The number of para-hydroxylation sites is 1. The summed E-state index contributed by atoms with van der Waals surface area (Å²) in [4.78, 5) is 11.0. The first-order chi connectivity index (χ1) is 17.4. The molecule has 6 rings (SSSR count). The Morgan fingerprint density at radius 2 is 1.39 bits per heavy atom. The minimum Gasteiger partial charge on any atom is -0.258 e. The van der Waals surface area contributed by atoms with E-state index in [0.717, 1.165) is 27.1 Å². The Hall–Kier alpha value is -4.49. The molecular weight excluding hydrogens is 472 g/mol. The maximum Gasteiger partial charge on any atom is 0.269 e. The Balaban J connectivity index is 1.82. The van der Waals surface area contributed by atoms with Gasteiger partial charge < -0.3 is 0 Å². The lowest BCUT2D eigenvalue weighted by molar-refractivity contribution is -0.384. The fourth-order valence-corrected chi connectivity index (χ4v) is 6.40. The second-order valence-corrected chi connectivity index (χ2v) is 10.6. The van der Waals surface area contributed by atoms with Gasteiger partial charge in [-0.3, -0.25) is 10.1 Å². The first-order valence-corrected chi connectivity index (χ1v) is 12.8. The molecule has 5 aromatic carbocycles. The number of hydrogen-bond donors (Lipinski definition) is 0. The lowest BCUT2D eigenvalue weighted by Crippen LogP contribution is -2.13. The van der Waals surface area contributed by atoms with Gasteiger partial charge in [-0.05, 0) is 59.7 Å². The molecule has 6 aromatic rings. The van der Waals surface area contributed by atoms with Crippen molar-refractivity contribution in [3.63, 3.8) is 0 Å². The molecule has 0 fully saturated rings. The molecule has 0 aliphatic carbocycles. The molecule has 0 spiro atoms. The van der Waals surface area contributed by atoms with Crippen LogP contribution in [0.5, 0.6) is 0 Å². The molecule has 0 aliphatic heterocycles. The Labute approximate surface area is 207 Å². The largest absolute Gasteiger partial charge is 0.269 e. The third-order valence-corrected chi connectivity index (χ3v) is 8.29. The summed E-state index contributed by atoms with van der Waals surface area (Å²) in [5, 5.41) is 14.7. The van der Waals surface area contributed by atoms with Gasteiger partial charge in [0.15, 0.2) is 0 Å². The first kappa shape index (κ1) is 22.0. The molecule has 176 valence electrons. The molecule has 36 heavy (non-hydrogen) atoms. The second kappa shape index (κ2) is 8.03. The predicted octanol–water partition coefficient (Wildman–Crippen LogP) is 7.07. The Morgan fingerprint density at radius 1 is 0.750 bits per heavy atom. The van der Waals surface area contributed by atoms with E-state index in [1.807, 2.05) is 61.5 Å². The molecule has 0 saturated carbocycles. The zero-order valence-electron chi connectivity index (χ0n) is 19.3. The van der Waals surface area contributed by atoms with Crippen LogP contribution in [0.25, 0.3) is 43.7 Å². The molecule has 0 atom stereocenters. The number of benzene rings is 5. The minimum absolute atomic E-state index is 0.0250. The highest BCUT2D eigenvalue weighted by atomic mass is 32.2. The number of non-ortho nitro benzene ring substituents is 1. The topological polar surface area (TPSA) is 82.2 Å². The first-order valence-electron chi connectivity index (χ1n) is 11.4. The van der Waals surface area contributed by atoms with Crippen LogP contribution in [0.1, 0.15) is 5.56 Å². The maximum atomic E-state index is 14.2. The van der Waals surface area contributed by atoms with E-state index in [9.17, 15) is 18.5 Å². The van der Waals surface area contributed by atoms with Gasteiger partial charge in [0.1, 0.15) is 0 Å². The highest BCUT2D eigenvalue weighted by Gasteiger charge is 2.26. The zero-order chi connectivity index (χ0) is 25.0. The van der Waals surface area contributed by atoms with Crippen LogP contribution in [0.15, 0.2) is 108 Å². The number of nitro benzene ring substituents is 1. The molecule has 6 nitrogen and oxygen atoms in total. The molecule has 1 heterocycles. The van der Waals surface area contributed by atoms with Gasteiger partial charge >= 0.3 is 0 Å². The van der Waals surface area contributed by atoms with Crippen LogP contribution < -0.4 is 0 Å². The SMILES string of the molecule is Cc1ccc(S(=O)(=O)n2c3ccccc3c3cc4ccccc4c(-c4ccc([N+](=O)[O-])cc4)c32)cc1. The summed E-state index contributed by atoms with van der Waals surface area (Å²) in [6.45, 7) is 1.91. The predicted molar refractivity (Wildman–Crippen MR) is 143 cm³/mol. The number of aromatic nitrogens is 1. The van der Waals surface area contributed by atoms with Gasteiger partial charge in [-0.1, -0.05) is 60.2 Å². The maximum absolute atomic E-state index is 14.2. The fourth-order valence-electron chi connectivity index (χ4n) is 4.86. The molecule has 0 bridgehead atoms. The van der Waals surface area contributed by atoms with Crippen LogP contribution in [0, 0.1) is 17.0 Å². The molecule has 0 radical (unpaired) electrons. The molecule has 7 heteroatoms. The van der Waals surface area contributed by atoms with E-state index in [-0.39, 0.29) is 10.6 Å². The van der Waals surface area contributed by atoms with Crippen LogP contribution in [0.4, 0.5) is 5.69 Å². The van der Waals surface area contributed by atoms with Crippen LogP contribution in [0.2, 0.25) is 0 Å². The molecule has 0 saturated heterocycles. The Morgan fingerprint density at radius 3 is 2.08 bits per heavy atom. The van der Waals surface area contributed by atoms with Crippen molar-refractivity contribution in [2.45, 2.75) is 11.8 Å². The Kier molecular flexibility index (Phi) is 4.91. The van der Waals surface area contributed by atoms with Gasteiger partial charge in [-0.25, -0.2) is 12.4 Å². The van der Waals surface area contributed by atoms with E-state index >= 15 is 0 Å². The van der Waals surface area contributed by atoms with E-state index in [1.54, 1.807) is 36.4 Å². The molecule has 1 aromatic heterocycles. The lowest BCUT2D eigenvalue weighted by atomic mass is 9.95. The van der Waals surface area contributed by atoms with Gasteiger partial charge in [0.25, 0.3) is 15.7 Å². The normalized spacial score (nSPS) is 11.9. The Bertz CT molecular complexity index is 1920. The van der Waals surface area contributed by atoms with Gasteiger partial charge in [0, 0.05) is 28.5 Å². The van der Waals surface area contributed by atoms with E-state index in [4.69, 9.17) is 0 Å². The van der Waals surface area contributed by atoms with Crippen molar-refractivity contribution in [2.75, 3.05) is 0 Å². The third-order valence-electron chi connectivity index (χ3n) is 6.56. The highest BCUT2D eigenvalue weighted by molar-refractivity contribution is 7.90. The lowest BCUT2D eigenvalue weighted by Gasteiger charge is -2.15. The van der Waals surface area contributed by atoms with Crippen molar-refractivity contribution in [2.24, 2.45) is 0 Å². The van der Waals surface area contributed by atoms with E-state index in [1.165, 1.54) is 16.1 Å². The molecular formula is C29H20N2O4S. The van der Waals surface area contributed by atoms with Gasteiger partial charge in [0.05, 0.1) is 20.9 Å². The van der Waals surface area contributed by atoms with E-state index in [0.29, 0.717) is 22.2 Å². The van der Waals surface area contributed by atoms with Crippen LogP contribution in [-0.4, -0.2) is 17.3 Å². The summed E-state index contributed by atoms with van der Waals surface area (Å²) in [7, 11) is -3.98. The standard InChI is InChI=1S/C29H20N2O4S/c1-19-10-16-23(17-11-19)36(34,35)30-27-9-5-4-8-25(27)26-18-21-6-2-3-7-24(21)28(29(26)30)20-12-14-22(15-13-20)31(32)33/h2-18H,1H3. The molecule has 0 amide bonds. The number of rotatable bonds is 4. The fraction of sp³-hybridized carbons (Fsp3) is 0.0345. The third kappa shape index (κ3) is 3.28.